The molecule has 6 nitrogen and oxygen atoms in total. The molecule has 0 saturated carbocycles. The molecule has 6 heteroatoms. The maximum atomic E-state index is 13.1. The molecule has 0 aliphatic heterocycles. The maximum Gasteiger partial charge on any atom is 0.220 e. The van der Waals surface area contributed by atoms with E-state index in [1.165, 1.54) is 12.1 Å². The van der Waals surface area contributed by atoms with Crippen molar-refractivity contribution in [1.82, 2.24) is 0 Å². The molecule has 0 unspecified atom stereocenters. The fourth-order valence-electron chi connectivity index (χ4n) is 2.82. The van der Waals surface area contributed by atoms with Crippen LogP contribution in [0.2, 0.25) is 0 Å². The van der Waals surface area contributed by atoms with E-state index in [2.05, 4.69) is 0 Å². The Morgan fingerprint density at radius 2 is 1.64 bits per heavy atom. The first-order valence-electron chi connectivity index (χ1n) is 7.66. The van der Waals surface area contributed by atoms with Crippen LogP contribution in [0.5, 0.6) is 0 Å². The lowest BCUT2D eigenvalue weighted by Gasteiger charge is -2.40. The fraction of sp³-hybridized carbons (Fsp3) is 0.105. The summed E-state index contributed by atoms with van der Waals surface area (Å²) in [5.74, 6) is -3.09. The van der Waals surface area contributed by atoms with Crippen LogP contribution < -0.4 is 17.2 Å². The molecule has 0 radical (unpaired) electrons. The van der Waals surface area contributed by atoms with Crippen molar-refractivity contribution in [2.24, 2.45) is 11.5 Å². The zero-order valence-corrected chi connectivity index (χ0v) is 13.4. The summed E-state index contributed by atoms with van der Waals surface area (Å²) in [6.07, 6.45) is 2.51. The van der Waals surface area contributed by atoms with Gasteiger partial charge in [0.15, 0.2) is 11.4 Å². The summed E-state index contributed by atoms with van der Waals surface area (Å²) in [7, 11) is 0. The lowest BCUT2D eigenvalue weighted by atomic mass is 9.77. The van der Waals surface area contributed by atoms with Crippen molar-refractivity contribution >= 4 is 17.0 Å². The van der Waals surface area contributed by atoms with Crippen LogP contribution in [-0.2, 0) is 0 Å². The van der Waals surface area contributed by atoms with Crippen molar-refractivity contribution in [3.05, 3.63) is 83.4 Å². The van der Waals surface area contributed by atoms with Gasteiger partial charge >= 0.3 is 0 Å². The van der Waals surface area contributed by atoms with Crippen LogP contribution in [0, 0.1) is 0 Å². The van der Waals surface area contributed by atoms with Crippen molar-refractivity contribution in [3.63, 3.8) is 0 Å². The van der Waals surface area contributed by atoms with E-state index in [-0.39, 0.29) is 11.1 Å². The lowest BCUT2D eigenvalue weighted by Crippen LogP contribution is -2.69. The van der Waals surface area contributed by atoms with Crippen LogP contribution >= 0.6 is 0 Å². The Bertz CT molecular complexity index is 884. The summed E-state index contributed by atoms with van der Waals surface area (Å²) >= 11 is 0. The quantitative estimate of drug-likeness (QED) is 0.319. The number of Topliss-reactive ketones (excluding diaryl/α,β-unsaturated/α-hetero) is 1. The predicted octanol–water partition coefficient (Wildman–Crippen LogP) is 0.770. The first-order valence-corrected chi connectivity index (χ1v) is 7.66. The highest BCUT2D eigenvalue weighted by atomic mass is 16.5. The topological polar surface area (TPSA) is 136 Å². The van der Waals surface area contributed by atoms with Gasteiger partial charge in [0.2, 0.25) is 5.79 Å². The predicted molar refractivity (Wildman–Crippen MR) is 96.0 cm³/mol. The van der Waals surface area contributed by atoms with Gasteiger partial charge in [0.25, 0.3) is 0 Å². The molecular weight excluding hydrogens is 318 g/mol. The number of nitrogen functional groups attached to an aromatic ring is 1. The molecule has 0 saturated heterocycles. The maximum absolute atomic E-state index is 13.1. The highest BCUT2D eigenvalue weighted by molar-refractivity contribution is 6.16. The molecule has 128 valence electrons. The second-order valence-electron chi connectivity index (χ2n) is 6.04. The summed E-state index contributed by atoms with van der Waals surface area (Å²) in [5.41, 5.74) is 17.3. The fourth-order valence-corrected chi connectivity index (χ4v) is 2.82. The number of carbonyl (C=O) groups excluding carboxylic acids is 1. The van der Waals surface area contributed by atoms with Gasteiger partial charge in [-0.25, -0.2) is 0 Å². The zero-order valence-electron chi connectivity index (χ0n) is 13.4. The first kappa shape index (κ1) is 17.1. The van der Waals surface area contributed by atoms with Crippen molar-refractivity contribution in [2.45, 2.75) is 11.4 Å². The van der Waals surface area contributed by atoms with Gasteiger partial charge in [-0.15, -0.1) is 0 Å². The van der Waals surface area contributed by atoms with Gasteiger partial charge in [-0.05, 0) is 29.3 Å². The van der Waals surface area contributed by atoms with Gasteiger partial charge in [-0.2, -0.15) is 0 Å². The number of aliphatic hydroxyl groups is 2. The normalized spacial score (nSPS) is 18.2. The van der Waals surface area contributed by atoms with Gasteiger partial charge in [-0.3, -0.25) is 4.79 Å². The summed E-state index contributed by atoms with van der Waals surface area (Å²) in [4.78, 5) is 13.1. The summed E-state index contributed by atoms with van der Waals surface area (Å²) in [5, 5.41) is 20.4. The van der Waals surface area contributed by atoms with Crippen LogP contribution in [-0.4, -0.2) is 27.4 Å². The van der Waals surface area contributed by atoms with Crippen molar-refractivity contribution in [1.29, 1.82) is 0 Å². The third-order valence-corrected chi connectivity index (χ3v) is 4.23. The lowest BCUT2D eigenvalue weighted by molar-refractivity contribution is -0.158. The third-order valence-electron chi connectivity index (χ3n) is 4.23. The molecule has 0 heterocycles. The van der Waals surface area contributed by atoms with Gasteiger partial charge in [-0.1, -0.05) is 48.5 Å². The molecule has 1 aliphatic rings. The molecule has 3 rings (SSSR count). The van der Waals surface area contributed by atoms with Crippen molar-refractivity contribution < 1.29 is 15.0 Å². The average Bonchev–Trinajstić information content (AvgIpc) is 2.57. The number of ketones is 1. The molecule has 0 amide bonds. The van der Waals surface area contributed by atoms with Gasteiger partial charge in [0, 0.05) is 16.8 Å². The molecule has 1 aliphatic carbocycles. The van der Waals surface area contributed by atoms with Gasteiger partial charge < -0.3 is 27.4 Å². The van der Waals surface area contributed by atoms with Gasteiger partial charge in [0.1, 0.15) is 0 Å². The average molecular weight is 337 g/mol. The molecule has 0 bridgehead atoms. The molecule has 0 spiro atoms. The summed E-state index contributed by atoms with van der Waals surface area (Å²) in [6.45, 7) is 0. The second kappa shape index (κ2) is 5.94. The minimum Gasteiger partial charge on any atom is -0.399 e. The van der Waals surface area contributed by atoms with Crippen molar-refractivity contribution in [2.75, 3.05) is 5.73 Å². The Hall–Kier alpha value is -2.77. The van der Waals surface area contributed by atoms with E-state index < -0.39 is 17.2 Å². The van der Waals surface area contributed by atoms with Crippen LogP contribution in [0.4, 0.5) is 5.69 Å². The number of benzene rings is 2. The Balaban J connectivity index is 2.25. The zero-order chi connectivity index (χ0) is 18.2. The van der Waals surface area contributed by atoms with E-state index >= 15 is 0 Å². The van der Waals surface area contributed by atoms with Crippen molar-refractivity contribution in [3.8, 4) is 0 Å². The Morgan fingerprint density at radius 1 is 0.960 bits per heavy atom. The summed E-state index contributed by atoms with van der Waals surface area (Å²) < 4.78 is 0. The minimum absolute atomic E-state index is 0.100. The largest absolute Gasteiger partial charge is 0.399 e. The third kappa shape index (κ3) is 2.88. The molecule has 8 N–H and O–H groups in total. The van der Waals surface area contributed by atoms with E-state index in [1.807, 2.05) is 6.07 Å². The summed E-state index contributed by atoms with van der Waals surface area (Å²) in [6, 6.07) is 15.3. The number of hydrogen-bond donors (Lipinski definition) is 5. The van der Waals surface area contributed by atoms with E-state index in [9.17, 15) is 15.0 Å². The number of anilines is 1. The van der Waals surface area contributed by atoms with E-state index in [0.29, 0.717) is 16.8 Å². The minimum atomic E-state index is -2.57. The number of allylic oxidation sites excluding steroid dienone is 2. The highest BCUT2D eigenvalue weighted by Crippen LogP contribution is 2.36. The monoisotopic (exact) mass is 337 g/mol. The first-order chi connectivity index (χ1) is 11.7. The number of rotatable bonds is 3. The second-order valence-corrected chi connectivity index (χ2v) is 6.04. The standard InChI is InChI=1S/C19H19N3O3/c20-14-8-4-7-13(11-14)17(23)16-15(12-5-2-1-3-6-12)9-10-18(24,25)19(16,21)22/h1-11,24-25H,20-22H2. The SMILES string of the molecule is Nc1cccc(C(=O)C2=C(c3ccccc3)C=CC(O)(O)C2(N)N)c1. The molecule has 0 fully saturated rings. The van der Waals surface area contributed by atoms with E-state index in [0.717, 1.165) is 6.08 Å². The van der Waals surface area contributed by atoms with Crippen LogP contribution in [0.1, 0.15) is 15.9 Å². The Labute approximate surface area is 144 Å². The van der Waals surface area contributed by atoms with Crippen LogP contribution in [0.15, 0.2) is 72.3 Å². The highest BCUT2D eigenvalue weighted by Gasteiger charge is 2.50. The van der Waals surface area contributed by atoms with E-state index in [1.54, 1.807) is 42.5 Å². The Morgan fingerprint density at radius 3 is 2.28 bits per heavy atom. The molecule has 25 heavy (non-hydrogen) atoms. The van der Waals surface area contributed by atoms with E-state index in [4.69, 9.17) is 17.2 Å². The number of nitrogens with two attached hydrogens (primary N) is 3. The molecule has 2 aromatic rings. The Kier molecular flexibility index (Phi) is 4.06. The smallest absolute Gasteiger partial charge is 0.220 e. The molecule has 0 aromatic heterocycles. The number of hydrogen-bond acceptors (Lipinski definition) is 6. The molecular formula is C19H19N3O3. The molecule has 2 aromatic carbocycles. The van der Waals surface area contributed by atoms with Crippen LogP contribution in [0.3, 0.4) is 0 Å². The molecule has 0 atom stereocenters. The number of carbonyl (C=O) groups is 1. The van der Waals surface area contributed by atoms with Crippen LogP contribution in [0.25, 0.3) is 5.57 Å². The van der Waals surface area contributed by atoms with Gasteiger partial charge in [0.05, 0.1) is 0 Å².